The molecule has 0 aliphatic carbocycles. The summed E-state index contributed by atoms with van der Waals surface area (Å²) < 4.78 is 9.93. The first-order valence-electron chi connectivity index (χ1n) is 4.97. The van der Waals surface area contributed by atoms with Crippen LogP contribution in [0, 0.1) is 6.92 Å². The van der Waals surface area contributed by atoms with Gasteiger partial charge in [0.1, 0.15) is 11.4 Å². The highest BCUT2D eigenvalue weighted by molar-refractivity contribution is 5.86. The van der Waals surface area contributed by atoms with Crippen LogP contribution in [0.15, 0.2) is 28.8 Å². The molecule has 0 spiro atoms. The van der Waals surface area contributed by atoms with E-state index in [9.17, 15) is 4.79 Å². The van der Waals surface area contributed by atoms with Crippen molar-refractivity contribution in [2.24, 2.45) is 0 Å². The van der Waals surface area contributed by atoms with Gasteiger partial charge in [-0.05, 0) is 24.6 Å². The van der Waals surface area contributed by atoms with E-state index in [0.29, 0.717) is 17.0 Å². The molecule has 0 unspecified atom stereocenters. The van der Waals surface area contributed by atoms with E-state index in [2.05, 4.69) is 5.16 Å². The van der Waals surface area contributed by atoms with Gasteiger partial charge >= 0.3 is 5.97 Å². The van der Waals surface area contributed by atoms with E-state index in [1.54, 1.807) is 7.11 Å². The molecule has 0 radical (unpaired) electrons. The largest absolute Gasteiger partial charge is 0.496 e. The number of carboxylic acid groups (broad SMARTS) is 1. The van der Waals surface area contributed by atoms with Gasteiger partial charge in [0.25, 0.3) is 0 Å². The second kappa shape index (κ2) is 4.29. The average molecular weight is 233 g/mol. The van der Waals surface area contributed by atoms with Crippen LogP contribution >= 0.6 is 0 Å². The number of benzene rings is 1. The van der Waals surface area contributed by atoms with Crippen molar-refractivity contribution >= 4 is 5.97 Å². The molecule has 1 heterocycles. The lowest BCUT2D eigenvalue weighted by Crippen LogP contribution is -1.92. The maximum atomic E-state index is 10.7. The van der Waals surface area contributed by atoms with Crippen molar-refractivity contribution in [3.8, 4) is 17.0 Å². The van der Waals surface area contributed by atoms with E-state index in [4.69, 9.17) is 14.4 Å². The van der Waals surface area contributed by atoms with Gasteiger partial charge in [0.15, 0.2) is 0 Å². The standard InChI is InChI=1S/C12H11NO4/c1-7-3-4-8(10(5-7)16-2)9-6-11(12(14)15)17-13-9/h3-6H,1-2H3,(H,14,15). The fourth-order valence-corrected chi connectivity index (χ4v) is 1.51. The number of rotatable bonds is 3. The SMILES string of the molecule is COc1cc(C)ccc1-c1cc(C(=O)O)on1. The van der Waals surface area contributed by atoms with Crippen LogP contribution in [-0.2, 0) is 0 Å². The molecule has 5 nitrogen and oxygen atoms in total. The third kappa shape index (κ3) is 2.13. The zero-order valence-corrected chi connectivity index (χ0v) is 9.43. The first-order valence-corrected chi connectivity index (χ1v) is 4.97. The average Bonchev–Trinajstić information content (AvgIpc) is 2.78. The van der Waals surface area contributed by atoms with Crippen LogP contribution in [0.4, 0.5) is 0 Å². The Balaban J connectivity index is 2.48. The Kier molecular flexibility index (Phi) is 2.82. The number of aryl methyl sites for hydroxylation is 1. The molecule has 0 aliphatic rings. The van der Waals surface area contributed by atoms with Gasteiger partial charge in [-0.15, -0.1) is 0 Å². The minimum atomic E-state index is -1.14. The lowest BCUT2D eigenvalue weighted by molar-refractivity contribution is 0.0652. The van der Waals surface area contributed by atoms with E-state index < -0.39 is 5.97 Å². The number of nitrogens with zero attached hydrogens (tertiary/aromatic N) is 1. The van der Waals surface area contributed by atoms with Crippen LogP contribution < -0.4 is 4.74 Å². The van der Waals surface area contributed by atoms with Crippen LogP contribution in [0.5, 0.6) is 5.75 Å². The summed E-state index contributed by atoms with van der Waals surface area (Å²) in [6, 6.07) is 6.94. The normalized spacial score (nSPS) is 10.2. The lowest BCUT2D eigenvalue weighted by atomic mass is 10.1. The Morgan fingerprint density at radius 1 is 1.41 bits per heavy atom. The molecule has 1 aromatic heterocycles. The van der Waals surface area contributed by atoms with Gasteiger partial charge in [-0.2, -0.15) is 0 Å². The molecule has 1 aromatic carbocycles. The number of aromatic carboxylic acids is 1. The molecule has 0 saturated carbocycles. The number of ether oxygens (including phenoxy) is 1. The van der Waals surface area contributed by atoms with Crippen molar-refractivity contribution in [1.82, 2.24) is 5.16 Å². The summed E-state index contributed by atoms with van der Waals surface area (Å²) in [5, 5.41) is 12.5. The fraction of sp³-hybridized carbons (Fsp3) is 0.167. The first-order chi connectivity index (χ1) is 8.11. The third-order valence-corrected chi connectivity index (χ3v) is 2.35. The van der Waals surface area contributed by atoms with E-state index >= 15 is 0 Å². The molecule has 0 fully saturated rings. The predicted molar refractivity (Wildman–Crippen MR) is 60.2 cm³/mol. The molecule has 0 bridgehead atoms. The van der Waals surface area contributed by atoms with Crippen LogP contribution in [0.2, 0.25) is 0 Å². The van der Waals surface area contributed by atoms with Gasteiger partial charge in [0.05, 0.1) is 7.11 Å². The maximum Gasteiger partial charge on any atom is 0.374 e. The number of carboxylic acids is 1. The van der Waals surface area contributed by atoms with Gasteiger partial charge in [-0.1, -0.05) is 11.2 Å². The molecule has 5 heteroatoms. The van der Waals surface area contributed by atoms with E-state index in [1.165, 1.54) is 6.07 Å². The molecule has 0 aliphatic heterocycles. The Bertz CT molecular complexity index is 559. The molecule has 0 atom stereocenters. The topological polar surface area (TPSA) is 72.6 Å². The molecule has 17 heavy (non-hydrogen) atoms. The van der Waals surface area contributed by atoms with Gasteiger partial charge in [-0.25, -0.2) is 4.79 Å². The number of hydrogen-bond donors (Lipinski definition) is 1. The van der Waals surface area contributed by atoms with Gasteiger partial charge in [0.2, 0.25) is 5.76 Å². The number of hydrogen-bond acceptors (Lipinski definition) is 4. The zero-order valence-electron chi connectivity index (χ0n) is 9.43. The number of carbonyl (C=O) groups is 1. The van der Waals surface area contributed by atoms with Crippen LogP contribution in [0.3, 0.4) is 0 Å². The van der Waals surface area contributed by atoms with Crippen LogP contribution in [0.1, 0.15) is 16.1 Å². The molecular formula is C12H11NO4. The molecule has 88 valence electrons. The second-order valence-electron chi connectivity index (χ2n) is 3.59. The highest BCUT2D eigenvalue weighted by Crippen LogP contribution is 2.30. The van der Waals surface area contributed by atoms with Gasteiger partial charge < -0.3 is 14.4 Å². The number of aromatic nitrogens is 1. The summed E-state index contributed by atoms with van der Waals surface area (Å²) in [4.78, 5) is 10.7. The van der Waals surface area contributed by atoms with Crippen molar-refractivity contribution < 1.29 is 19.2 Å². The first kappa shape index (κ1) is 11.2. The summed E-state index contributed by atoms with van der Waals surface area (Å²) in [6.45, 7) is 1.94. The Morgan fingerprint density at radius 3 is 2.76 bits per heavy atom. The maximum absolute atomic E-state index is 10.7. The van der Waals surface area contributed by atoms with E-state index in [0.717, 1.165) is 5.56 Å². The Labute approximate surface area is 97.6 Å². The Morgan fingerprint density at radius 2 is 2.18 bits per heavy atom. The summed E-state index contributed by atoms with van der Waals surface area (Å²) in [5.41, 5.74) is 2.20. The van der Waals surface area contributed by atoms with Crippen molar-refractivity contribution in [3.05, 3.63) is 35.6 Å². The second-order valence-corrected chi connectivity index (χ2v) is 3.59. The number of methoxy groups -OCH3 is 1. The van der Waals surface area contributed by atoms with Crippen LogP contribution in [-0.4, -0.2) is 23.3 Å². The fourth-order valence-electron chi connectivity index (χ4n) is 1.51. The van der Waals surface area contributed by atoms with E-state index in [-0.39, 0.29) is 5.76 Å². The van der Waals surface area contributed by atoms with Gasteiger partial charge in [0, 0.05) is 11.6 Å². The minimum absolute atomic E-state index is 0.192. The molecule has 2 aromatic rings. The van der Waals surface area contributed by atoms with Crippen molar-refractivity contribution in [2.75, 3.05) is 7.11 Å². The van der Waals surface area contributed by atoms with Gasteiger partial charge in [-0.3, -0.25) is 0 Å². The van der Waals surface area contributed by atoms with Crippen molar-refractivity contribution in [2.45, 2.75) is 6.92 Å². The van der Waals surface area contributed by atoms with Crippen molar-refractivity contribution in [1.29, 1.82) is 0 Å². The molecule has 1 N–H and O–H groups in total. The molecule has 0 amide bonds. The molecular weight excluding hydrogens is 222 g/mol. The third-order valence-electron chi connectivity index (χ3n) is 2.35. The quantitative estimate of drug-likeness (QED) is 0.880. The summed E-state index contributed by atoms with van der Waals surface area (Å²) in [6.07, 6.45) is 0. The van der Waals surface area contributed by atoms with Crippen molar-refractivity contribution in [3.63, 3.8) is 0 Å². The smallest absolute Gasteiger partial charge is 0.374 e. The van der Waals surface area contributed by atoms with E-state index in [1.807, 2.05) is 25.1 Å². The summed E-state index contributed by atoms with van der Waals surface area (Å²) >= 11 is 0. The van der Waals surface area contributed by atoms with Crippen LogP contribution in [0.25, 0.3) is 11.3 Å². The predicted octanol–water partition coefficient (Wildman–Crippen LogP) is 2.36. The zero-order chi connectivity index (χ0) is 12.4. The summed E-state index contributed by atoms with van der Waals surface area (Å²) in [7, 11) is 1.55. The summed E-state index contributed by atoms with van der Waals surface area (Å²) in [5.74, 6) is -0.701. The highest BCUT2D eigenvalue weighted by Gasteiger charge is 2.15. The highest BCUT2D eigenvalue weighted by atomic mass is 16.5. The molecule has 2 rings (SSSR count). The minimum Gasteiger partial charge on any atom is -0.496 e. The monoisotopic (exact) mass is 233 g/mol. The lowest BCUT2D eigenvalue weighted by Gasteiger charge is -2.06. The Hall–Kier alpha value is -2.30. The molecule has 0 saturated heterocycles.